The zero-order valence-corrected chi connectivity index (χ0v) is 10.8. The second kappa shape index (κ2) is 4.78. The first-order chi connectivity index (χ1) is 8.01. The lowest BCUT2D eigenvalue weighted by Crippen LogP contribution is -2.36. The van der Waals surface area contributed by atoms with Gasteiger partial charge in [0, 0.05) is 0 Å². The van der Waals surface area contributed by atoms with Gasteiger partial charge in [0.25, 0.3) is 0 Å². The Balaban J connectivity index is 2.32. The van der Waals surface area contributed by atoms with Crippen LogP contribution >= 0.6 is 0 Å². The summed E-state index contributed by atoms with van der Waals surface area (Å²) in [5.41, 5.74) is 1.04. The monoisotopic (exact) mass is 254 g/mol. The van der Waals surface area contributed by atoms with E-state index in [0.717, 1.165) is 18.4 Å². The van der Waals surface area contributed by atoms with Crippen LogP contribution in [0, 0.1) is 6.92 Å². The molecule has 3 nitrogen and oxygen atoms in total. The van der Waals surface area contributed by atoms with Crippen LogP contribution in [0.4, 0.5) is 0 Å². The van der Waals surface area contributed by atoms with E-state index in [0.29, 0.717) is 17.7 Å². The maximum Gasteiger partial charge on any atom is 0.183 e. The first-order valence-corrected chi connectivity index (χ1v) is 7.55. The van der Waals surface area contributed by atoms with E-state index in [2.05, 4.69) is 0 Å². The number of benzene rings is 1. The molecule has 0 radical (unpaired) electrons. The van der Waals surface area contributed by atoms with Gasteiger partial charge in [-0.05, 0) is 31.9 Å². The summed E-state index contributed by atoms with van der Waals surface area (Å²) in [6, 6.07) is 6.85. The molecule has 1 aromatic carbocycles. The van der Waals surface area contributed by atoms with Crippen LogP contribution in [0.5, 0.6) is 0 Å². The maximum atomic E-state index is 12.3. The molecule has 0 aliphatic heterocycles. The topological polar surface area (TPSA) is 54.4 Å². The van der Waals surface area contributed by atoms with Crippen LogP contribution in [-0.4, -0.2) is 24.9 Å². The summed E-state index contributed by atoms with van der Waals surface area (Å²) < 4.78 is 24.7. The molecule has 94 valence electrons. The molecule has 0 bridgehead atoms. The minimum absolute atomic E-state index is 0.328. The Morgan fingerprint density at radius 2 is 1.71 bits per heavy atom. The van der Waals surface area contributed by atoms with Crippen LogP contribution in [0.15, 0.2) is 29.2 Å². The number of rotatable bonds is 2. The van der Waals surface area contributed by atoms with Crippen molar-refractivity contribution in [2.75, 3.05) is 0 Å². The lowest BCUT2D eigenvalue weighted by atomic mass is 9.97. The van der Waals surface area contributed by atoms with Gasteiger partial charge < -0.3 is 5.11 Å². The molecule has 1 N–H and O–H groups in total. The zero-order valence-electron chi connectivity index (χ0n) is 9.96. The fourth-order valence-corrected chi connectivity index (χ4v) is 4.23. The highest BCUT2D eigenvalue weighted by Gasteiger charge is 2.35. The Labute approximate surface area is 102 Å². The zero-order chi connectivity index (χ0) is 12.5. The van der Waals surface area contributed by atoms with Gasteiger partial charge in [-0.15, -0.1) is 0 Å². The van der Waals surface area contributed by atoms with Crippen molar-refractivity contribution in [2.45, 2.75) is 48.9 Å². The number of aliphatic hydroxyl groups excluding tert-OH is 1. The molecule has 1 aromatic rings. The van der Waals surface area contributed by atoms with Crippen molar-refractivity contribution in [3.05, 3.63) is 29.8 Å². The van der Waals surface area contributed by atoms with E-state index >= 15 is 0 Å². The molecule has 2 unspecified atom stereocenters. The van der Waals surface area contributed by atoms with Gasteiger partial charge in [0.1, 0.15) is 0 Å². The predicted molar refractivity (Wildman–Crippen MR) is 66.6 cm³/mol. The van der Waals surface area contributed by atoms with Crippen molar-refractivity contribution in [3.8, 4) is 0 Å². The van der Waals surface area contributed by atoms with Crippen molar-refractivity contribution in [1.82, 2.24) is 0 Å². The second-order valence-electron chi connectivity index (χ2n) is 4.75. The van der Waals surface area contributed by atoms with E-state index in [-0.39, 0.29) is 0 Å². The summed E-state index contributed by atoms with van der Waals surface area (Å²) in [7, 11) is -3.38. The smallest absolute Gasteiger partial charge is 0.183 e. The third kappa shape index (κ3) is 2.53. The highest BCUT2D eigenvalue weighted by molar-refractivity contribution is 7.92. The highest BCUT2D eigenvalue weighted by Crippen LogP contribution is 2.29. The van der Waals surface area contributed by atoms with E-state index in [1.165, 1.54) is 0 Å². The second-order valence-corrected chi connectivity index (χ2v) is 6.92. The van der Waals surface area contributed by atoms with Crippen molar-refractivity contribution >= 4 is 9.84 Å². The van der Waals surface area contributed by atoms with Gasteiger partial charge in [-0.25, -0.2) is 8.42 Å². The Morgan fingerprint density at radius 3 is 2.29 bits per heavy atom. The first kappa shape index (κ1) is 12.6. The van der Waals surface area contributed by atoms with E-state index in [9.17, 15) is 13.5 Å². The van der Waals surface area contributed by atoms with E-state index in [1.807, 2.05) is 6.92 Å². The molecule has 0 amide bonds. The molecular weight excluding hydrogens is 236 g/mol. The SMILES string of the molecule is Cc1ccc(S(=O)(=O)C2CCCCC2O)cc1. The normalized spacial score (nSPS) is 25.8. The standard InChI is InChI=1S/C13H18O3S/c1-10-6-8-11(9-7-10)17(15,16)13-5-3-2-4-12(13)14/h6-9,12-14H,2-5H2,1H3. The van der Waals surface area contributed by atoms with Gasteiger partial charge in [0.2, 0.25) is 0 Å². The number of hydrogen-bond acceptors (Lipinski definition) is 3. The van der Waals surface area contributed by atoms with Gasteiger partial charge in [0.15, 0.2) is 9.84 Å². The molecule has 0 aromatic heterocycles. The lowest BCUT2D eigenvalue weighted by Gasteiger charge is -2.27. The Morgan fingerprint density at radius 1 is 1.12 bits per heavy atom. The first-order valence-electron chi connectivity index (χ1n) is 6.00. The average molecular weight is 254 g/mol. The van der Waals surface area contributed by atoms with Crippen LogP contribution in [0.25, 0.3) is 0 Å². The summed E-state index contributed by atoms with van der Waals surface area (Å²) in [4.78, 5) is 0.328. The fourth-order valence-electron chi connectivity index (χ4n) is 2.34. The molecule has 1 saturated carbocycles. The van der Waals surface area contributed by atoms with Crippen molar-refractivity contribution in [2.24, 2.45) is 0 Å². The van der Waals surface area contributed by atoms with Gasteiger partial charge in [-0.2, -0.15) is 0 Å². The summed E-state index contributed by atoms with van der Waals surface area (Å²) in [5, 5.41) is 9.22. The summed E-state index contributed by atoms with van der Waals surface area (Å²) in [6.45, 7) is 1.92. The van der Waals surface area contributed by atoms with E-state index in [4.69, 9.17) is 0 Å². The van der Waals surface area contributed by atoms with Crippen LogP contribution in [-0.2, 0) is 9.84 Å². The lowest BCUT2D eigenvalue weighted by molar-refractivity contribution is 0.133. The summed E-state index contributed by atoms with van der Waals surface area (Å²) in [6.07, 6.45) is 2.25. The Bertz CT molecular complexity index is 476. The van der Waals surface area contributed by atoms with E-state index in [1.54, 1.807) is 24.3 Å². The minimum atomic E-state index is -3.38. The largest absolute Gasteiger partial charge is 0.392 e. The van der Waals surface area contributed by atoms with Gasteiger partial charge >= 0.3 is 0 Å². The van der Waals surface area contributed by atoms with Crippen LogP contribution in [0.2, 0.25) is 0 Å². The highest BCUT2D eigenvalue weighted by atomic mass is 32.2. The fraction of sp³-hybridized carbons (Fsp3) is 0.538. The van der Waals surface area contributed by atoms with Crippen LogP contribution in [0.3, 0.4) is 0 Å². The van der Waals surface area contributed by atoms with E-state index < -0.39 is 21.2 Å². The van der Waals surface area contributed by atoms with Gasteiger partial charge in [-0.1, -0.05) is 30.5 Å². The van der Waals surface area contributed by atoms with Crippen molar-refractivity contribution in [3.63, 3.8) is 0 Å². The molecule has 0 spiro atoms. The predicted octanol–water partition coefficient (Wildman–Crippen LogP) is 2.07. The van der Waals surface area contributed by atoms with Gasteiger partial charge in [0.05, 0.1) is 16.2 Å². The maximum absolute atomic E-state index is 12.3. The molecule has 2 rings (SSSR count). The van der Waals surface area contributed by atoms with Gasteiger partial charge in [-0.3, -0.25) is 0 Å². The number of aryl methyl sites for hydroxylation is 1. The van der Waals surface area contributed by atoms with Crippen LogP contribution < -0.4 is 0 Å². The third-order valence-electron chi connectivity index (χ3n) is 3.42. The quantitative estimate of drug-likeness (QED) is 0.879. The Kier molecular flexibility index (Phi) is 3.54. The third-order valence-corrected chi connectivity index (χ3v) is 5.69. The molecule has 0 heterocycles. The average Bonchev–Trinajstić information content (AvgIpc) is 2.30. The molecule has 1 aliphatic carbocycles. The molecule has 2 atom stereocenters. The van der Waals surface area contributed by atoms with Crippen molar-refractivity contribution in [1.29, 1.82) is 0 Å². The van der Waals surface area contributed by atoms with Crippen molar-refractivity contribution < 1.29 is 13.5 Å². The van der Waals surface area contributed by atoms with Crippen LogP contribution in [0.1, 0.15) is 31.2 Å². The number of sulfone groups is 1. The molecule has 4 heteroatoms. The molecule has 17 heavy (non-hydrogen) atoms. The summed E-state index contributed by atoms with van der Waals surface area (Å²) in [5.74, 6) is 0. The summed E-state index contributed by atoms with van der Waals surface area (Å²) >= 11 is 0. The number of hydrogen-bond donors (Lipinski definition) is 1. The molecule has 1 aliphatic rings. The Hall–Kier alpha value is -0.870. The molecular formula is C13H18O3S. The molecule has 0 saturated heterocycles. The molecule has 1 fully saturated rings. The minimum Gasteiger partial charge on any atom is -0.392 e. The number of aliphatic hydroxyl groups is 1.